The molecule has 0 saturated carbocycles. The number of likely N-dealkylation sites (tertiary alicyclic amines) is 1. The largest absolute Gasteiger partial charge is 0.349 e. The number of imidazole rings is 1. The molecule has 0 aliphatic carbocycles. The lowest BCUT2D eigenvalue weighted by Crippen LogP contribution is -2.43. The summed E-state index contributed by atoms with van der Waals surface area (Å²) in [5.74, 6) is 1.16. The van der Waals surface area contributed by atoms with E-state index in [1.165, 1.54) is 5.56 Å². The van der Waals surface area contributed by atoms with E-state index >= 15 is 0 Å². The molecule has 1 fully saturated rings. The van der Waals surface area contributed by atoms with Gasteiger partial charge in [0.1, 0.15) is 5.82 Å². The number of rotatable bonds is 7. The van der Waals surface area contributed by atoms with Crippen LogP contribution >= 0.6 is 11.6 Å². The molecule has 2 heterocycles. The Bertz CT molecular complexity index is 1290. The Hall–Kier alpha value is -3.15. The van der Waals surface area contributed by atoms with E-state index < -0.39 is 0 Å². The molecule has 4 aromatic rings. The van der Waals surface area contributed by atoms with E-state index in [2.05, 4.69) is 57.2 Å². The smallest absolute Gasteiger partial charge is 0.224 e. The van der Waals surface area contributed by atoms with E-state index in [1.807, 2.05) is 43.3 Å². The summed E-state index contributed by atoms with van der Waals surface area (Å²) in [7, 11) is 0. The molecule has 1 amide bonds. The standard InChI is InChI=1S/C29H31ClN4O/c1-21(23-8-3-2-4-9-23)31-29(35)24-10-7-17-33(19-24)20-28-32-26-11-5-6-12-27(26)34(28)18-22-13-15-25(30)16-14-22/h2-6,8-9,11-16,21,24H,7,10,17-20H2,1H3,(H,31,35)/t21-,24+/m1/s1. The van der Waals surface area contributed by atoms with E-state index in [4.69, 9.17) is 16.6 Å². The molecule has 5 nitrogen and oxygen atoms in total. The molecule has 1 saturated heterocycles. The van der Waals surface area contributed by atoms with Crippen molar-refractivity contribution in [2.24, 2.45) is 5.92 Å². The lowest BCUT2D eigenvalue weighted by molar-refractivity contribution is -0.127. The van der Waals surface area contributed by atoms with Crippen LogP contribution in [0.25, 0.3) is 11.0 Å². The first kappa shape index (κ1) is 23.6. The van der Waals surface area contributed by atoms with Gasteiger partial charge in [-0.15, -0.1) is 0 Å². The first-order chi connectivity index (χ1) is 17.1. The third-order valence-electron chi connectivity index (χ3n) is 6.89. The molecule has 6 heteroatoms. The fourth-order valence-corrected chi connectivity index (χ4v) is 5.09. The maximum Gasteiger partial charge on any atom is 0.224 e. The number of nitrogens with one attached hydrogen (secondary N) is 1. The van der Waals surface area contributed by atoms with Crippen LogP contribution in [0.15, 0.2) is 78.9 Å². The first-order valence-corrected chi connectivity index (χ1v) is 12.7. The number of hydrogen-bond donors (Lipinski definition) is 1. The maximum atomic E-state index is 13.1. The number of amides is 1. The fraction of sp³-hybridized carbons (Fsp3) is 0.310. The van der Waals surface area contributed by atoms with Crippen molar-refractivity contribution in [2.75, 3.05) is 13.1 Å². The van der Waals surface area contributed by atoms with Gasteiger partial charge in [0, 0.05) is 18.1 Å². The molecule has 5 rings (SSSR count). The minimum absolute atomic E-state index is 0.00245. The van der Waals surface area contributed by atoms with Crippen LogP contribution in [0.3, 0.4) is 0 Å². The summed E-state index contributed by atoms with van der Waals surface area (Å²) >= 11 is 6.10. The fourth-order valence-electron chi connectivity index (χ4n) is 4.96. The molecule has 2 atom stereocenters. The lowest BCUT2D eigenvalue weighted by Gasteiger charge is -2.32. The van der Waals surface area contributed by atoms with Crippen molar-refractivity contribution in [1.29, 1.82) is 0 Å². The van der Waals surface area contributed by atoms with Crippen LogP contribution in [0.5, 0.6) is 0 Å². The van der Waals surface area contributed by atoms with Gasteiger partial charge in [-0.3, -0.25) is 9.69 Å². The quantitative estimate of drug-likeness (QED) is 0.357. The van der Waals surface area contributed by atoms with Gasteiger partial charge in [0.15, 0.2) is 0 Å². The van der Waals surface area contributed by atoms with Gasteiger partial charge in [-0.25, -0.2) is 4.98 Å². The SMILES string of the molecule is C[C@@H](NC(=O)[C@H]1CCCN(Cc2nc3ccccc3n2Cc2ccc(Cl)cc2)C1)c1ccccc1. The number of fused-ring (bicyclic) bond motifs is 1. The average molecular weight is 487 g/mol. The van der Waals surface area contributed by atoms with Crippen LogP contribution in [-0.2, 0) is 17.9 Å². The highest BCUT2D eigenvalue weighted by molar-refractivity contribution is 6.30. The molecule has 1 N–H and O–H groups in total. The molecule has 0 spiro atoms. The van der Waals surface area contributed by atoms with Crippen molar-refractivity contribution < 1.29 is 4.79 Å². The van der Waals surface area contributed by atoms with Crippen LogP contribution in [0.1, 0.15) is 42.8 Å². The predicted octanol–water partition coefficient (Wildman–Crippen LogP) is 5.83. The molecular formula is C29H31ClN4O. The Balaban J connectivity index is 1.30. The van der Waals surface area contributed by atoms with Gasteiger partial charge in [0.25, 0.3) is 0 Å². The van der Waals surface area contributed by atoms with Crippen molar-refractivity contribution in [3.63, 3.8) is 0 Å². The summed E-state index contributed by atoms with van der Waals surface area (Å²) in [5, 5.41) is 3.96. The van der Waals surface area contributed by atoms with E-state index in [0.29, 0.717) is 0 Å². The monoisotopic (exact) mass is 486 g/mol. The predicted molar refractivity (Wildman–Crippen MR) is 141 cm³/mol. The summed E-state index contributed by atoms with van der Waals surface area (Å²) in [4.78, 5) is 20.4. The number of aromatic nitrogens is 2. The Labute approximate surface area is 211 Å². The summed E-state index contributed by atoms with van der Waals surface area (Å²) in [6, 6.07) is 26.4. The minimum atomic E-state index is -0.0102. The summed E-state index contributed by atoms with van der Waals surface area (Å²) < 4.78 is 2.29. The van der Waals surface area contributed by atoms with Crippen LogP contribution in [0.2, 0.25) is 5.02 Å². The number of piperidine rings is 1. The summed E-state index contributed by atoms with van der Waals surface area (Å²) in [6.07, 6.45) is 1.93. The molecule has 0 bridgehead atoms. The number of carbonyl (C=O) groups excluding carboxylic acids is 1. The molecule has 180 valence electrons. The Kier molecular flexibility index (Phi) is 7.16. The van der Waals surface area contributed by atoms with Gasteiger partial charge in [0.05, 0.1) is 29.5 Å². The molecule has 1 aliphatic heterocycles. The van der Waals surface area contributed by atoms with Gasteiger partial charge in [-0.1, -0.05) is 66.2 Å². The molecule has 0 unspecified atom stereocenters. The second-order valence-corrected chi connectivity index (χ2v) is 9.88. The number of nitrogens with zero attached hydrogens (tertiary/aromatic N) is 3. The Morgan fingerprint density at radius 3 is 2.57 bits per heavy atom. The normalized spacial score (nSPS) is 17.4. The lowest BCUT2D eigenvalue weighted by atomic mass is 9.96. The zero-order valence-corrected chi connectivity index (χ0v) is 20.8. The number of halogens is 1. The number of para-hydroxylation sites is 2. The van der Waals surface area contributed by atoms with Gasteiger partial charge in [-0.2, -0.15) is 0 Å². The van der Waals surface area contributed by atoms with Crippen molar-refractivity contribution in [3.8, 4) is 0 Å². The highest BCUT2D eigenvalue weighted by Crippen LogP contribution is 2.24. The molecule has 3 aromatic carbocycles. The van der Waals surface area contributed by atoms with E-state index in [-0.39, 0.29) is 17.9 Å². The molecule has 35 heavy (non-hydrogen) atoms. The third-order valence-corrected chi connectivity index (χ3v) is 7.14. The highest BCUT2D eigenvalue weighted by atomic mass is 35.5. The van der Waals surface area contributed by atoms with Crippen LogP contribution in [-0.4, -0.2) is 33.4 Å². The zero-order valence-electron chi connectivity index (χ0n) is 20.0. The number of carbonyl (C=O) groups is 1. The van der Waals surface area contributed by atoms with E-state index in [9.17, 15) is 4.79 Å². The van der Waals surface area contributed by atoms with Crippen LogP contribution in [0, 0.1) is 5.92 Å². The molecule has 1 aromatic heterocycles. The second kappa shape index (κ2) is 10.6. The van der Waals surface area contributed by atoms with Gasteiger partial charge in [0.2, 0.25) is 5.91 Å². The number of benzene rings is 3. The van der Waals surface area contributed by atoms with Gasteiger partial charge < -0.3 is 9.88 Å². The number of hydrogen-bond acceptors (Lipinski definition) is 3. The van der Waals surface area contributed by atoms with Crippen molar-refractivity contribution >= 4 is 28.5 Å². The zero-order chi connectivity index (χ0) is 24.2. The van der Waals surface area contributed by atoms with Crippen molar-refractivity contribution in [1.82, 2.24) is 19.8 Å². The maximum absolute atomic E-state index is 13.1. The van der Waals surface area contributed by atoms with Crippen molar-refractivity contribution in [2.45, 2.75) is 38.9 Å². The van der Waals surface area contributed by atoms with Gasteiger partial charge >= 0.3 is 0 Å². The molecular weight excluding hydrogens is 456 g/mol. The second-order valence-electron chi connectivity index (χ2n) is 9.44. The summed E-state index contributed by atoms with van der Waals surface area (Å²) in [6.45, 7) is 5.23. The Morgan fingerprint density at radius 1 is 1.03 bits per heavy atom. The van der Waals surface area contributed by atoms with Crippen molar-refractivity contribution in [3.05, 3.63) is 101 Å². The van der Waals surface area contributed by atoms with E-state index in [0.717, 1.165) is 66.5 Å². The van der Waals surface area contributed by atoms with E-state index in [1.54, 1.807) is 0 Å². The topological polar surface area (TPSA) is 50.2 Å². The third kappa shape index (κ3) is 5.58. The average Bonchev–Trinajstić information content (AvgIpc) is 3.22. The highest BCUT2D eigenvalue weighted by Gasteiger charge is 2.28. The van der Waals surface area contributed by atoms with Gasteiger partial charge in [-0.05, 0) is 61.7 Å². The van der Waals surface area contributed by atoms with Crippen LogP contribution < -0.4 is 5.32 Å². The minimum Gasteiger partial charge on any atom is -0.349 e. The van der Waals surface area contributed by atoms with Crippen LogP contribution in [0.4, 0.5) is 0 Å². The molecule has 1 aliphatic rings. The summed E-state index contributed by atoms with van der Waals surface area (Å²) in [5.41, 5.74) is 4.44. The molecule has 0 radical (unpaired) electrons. The first-order valence-electron chi connectivity index (χ1n) is 12.3. The Morgan fingerprint density at radius 2 is 1.77 bits per heavy atom.